The highest BCUT2D eigenvalue weighted by atomic mass is 16.5. The second-order valence-electron chi connectivity index (χ2n) is 3.94. The van der Waals surface area contributed by atoms with E-state index in [2.05, 4.69) is 34.6 Å². The molecule has 0 unspecified atom stereocenters. The molecule has 1 nitrogen and oxygen atoms in total. The van der Waals surface area contributed by atoms with Crippen LogP contribution in [-0.4, -0.2) is 12.2 Å². The molecule has 62 valence electrons. The van der Waals surface area contributed by atoms with Crippen LogP contribution in [0.3, 0.4) is 0 Å². The van der Waals surface area contributed by atoms with Crippen LogP contribution in [0.15, 0.2) is 0 Å². The van der Waals surface area contributed by atoms with E-state index in [1.54, 1.807) is 0 Å². The van der Waals surface area contributed by atoms with Crippen molar-refractivity contribution in [2.75, 3.05) is 6.61 Å². The molecular formula is C9H20O. The van der Waals surface area contributed by atoms with E-state index >= 15 is 0 Å². The molecule has 0 N–H and O–H groups in total. The largest absolute Gasteiger partial charge is 0.376 e. The molecule has 0 saturated carbocycles. The van der Waals surface area contributed by atoms with E-state index in [4.69, 9.17) is 4.74 Å². The van der Waals surface area contributed by atoms with Crippen molar-refractivity contribution in [3.05, 3.63) is 0 Å². The van der Waals surface area contributed by atoms with Crippen molar-refractivity contribution >= 4 is 0 Å². The number of rotatable bonds is 3. The molecule has 0 aromatic heterocycles. The van der Waals surface area contributed by atoms with Crippen molar-refractivity contribution in [3.63, 3.8) is 0 Å². The van der Waals surface area contributed by atoms with E-state index in [-0.39, 0.29) is 5.60 Å². The summed E-state index contributed by atoms with van der Waals surface area (Å²) in [6, 6.07) is 0. The van der Waals surface area contributed by atoms with Gasteiger partial charge in [0.15, 0.2) is 0 Å². The van der Waals surface area contributed by atoms with Crippen LogP contribution in [0.5, 0.6) is 0 Å². The van der Waals surface area contributed by atoms with Gasteiger partial charge in [-0.05, 0) is 26.7 Å². The van der Waals surface area contributed by atoms with Crippen LogP contribution in [0.25, 0.3) is 0 Å². The van der Waals surface area contributed by atoms with Crippen LogP contribution >= 0.6 is 0 Å². The topological polar surface area (TPSA) is 9.23 Å². The van der Waals surface area contributed by atoms with Gasteiger partial charge in [0.1, 0.15) is 0 Å². The molecule has 0 aromatic carbocycles. The lowest BCUT2D eigenvalue weighted by Crippen LogP contribution is -2.22. The van der Waals surface area contributed by atoms with Crippen molar-refractivity contribution in [1.82, 2.24) is 0 Å². The zero-order valence-electron chi connectivity index (χ0n) is 7.90. The molecule has 0 spiro atoms. The van der Waals surface area contributed by atoms with E-state index < -0.39 is 0 Å². The Balaban J connectivity index is 3.36. The molecule has 0 aliphatic rings. The second-order valence-corrected chi connectivity index (χ2v) is 3.94. The minimum atomic E-state index is 0.0312. The van der Waals surface area contributed by atoms with Crippen LogP contribution in [-0.2, 0) is 4.74 Å². The molecule has 0 heterocycles. The Bertz CT molecular complexity index is 81.2. The van der Waals surface area contributed by atoms with Gasteiger partial charge in [-0.1, -0.05) is 20.3 Å². The zero-order chi connectivity index (χ0) is 8.20. The summed E-state index contributed by atoms with van der Waals surface area (Å²) in [6.07, 6.45) is 1.20. The predicted octanol–water partition coefficient (Wildman–Crippen LogP) is 2.85. The van der Waals surface area contributed by atoms with Gasteiger partial charge in [-0.3, -0.25) is 0 Å². The Morgan fingerprint density at radius 2 is 1.80 bits per heavy atom. The van der Waals surface area contributed by atoms with Crippen molar-refractivity contribution < 1.29 is 4.74 Å². The summed E-state index contributed by atoms with van der Waals surface area (Å²) in [7, 11) is 0. The Kier molecular flexibility index (Phi) is 3.95. The maximum absolute atomic E-state index is 5.58. The van der Waals surface area contributed by atoms with Crippen molar-refractivity contribution in [1.29, 1.82) is 0 Å². The first-order valence-corrected chi connectivity index (χ1v) is 4.09. The molecule has 1 atom stereocenters. The summed E-state index contributed by atoms with van der Waals surface area (Å²) in [4.78, 5) is 0. The highest BCUT2D eigenvalue weighted by Crippen LogP contribution is 2.10. The maximum atomic E-state index is 5.58. The minimum absolute atomic E-state index is 0.0312. The third-order valence-corrected chi connectivity index (χ3v) is 1.50. The van der Waals surface area contributed by atoms with Crippen molar-refractivity contribution in [2.45, 2.75) is 46.6 Å². The quantitative estimate of drug-likeness (QED) is 0.592. The summed E-state index contributed by atoms with van der Waals surface area (Å²) in [5.41, 5.74) is 0.0312. The van der Waals surface area contributed by atoms with Gasteiger partial charge >= 0.3 is 0 Å². The smallest absolute Gasteiger partial charge is 0.0598 e. The average Bonchev–Trinajstić information content (AvgIpc) is 1.81. The molecule has 0 fully saturated rings. The van der Waals surface area contributed by atoms with Crippen molar-refractivity contribution in [2.24, 2.45) is 5.92 Å². The second kappa shape index (κ2) is 3.97. The molecule has 0 bridgehead atoms. The molecule has 0 aromatic rings. The standard InChI is InChI=1S/C9H20O/c1-6-8(2)7-10-9(3,4)5/h8H,6-7H2,1-5H3/t8-/m0/s1. The molecule has 0 radical (unpaired) electrons. The summed E-state index contributed by atoms with van der Waals surface area (Å²) in [5.74, 6) is 0.694. The van der Waals surface area contributed by atoms with E-state index in [0.717, 1.165) is 6.61 Å². The van der Waals surface area contributed by atoms with E-state index in [1.807, 2.05) is 0 Å². The maximum Gasteiger partial charge on any atom is 0.0598 e. The Hall–Kier alpha value is -0.0400. The number of ether oxygens (including phenoxy) is 1. The summed E-state index contributed by atoms with van der Waals surface area (Å²) < 4.78 is 5.58. The molecule has 0 rings (SSSR count). The normalized spacial score (nSPS) is 15.3. The molecule has 0 saturated heterocycles. The van der Waals surface area contributed by atoms with Crippen LogP contribution in [0.4, 0.5) is 0 Å². The summed E-state index contributed by atoms with van der Waals surface area (Å²) in [5, 5.41) is 0. The van der Waals surface area contributed by atoms with Gasteiger partial charge in [0.2, 0.25) is 0 Å². The molecule has 0 aliphatic heterocycles. The van der Waals surface area contributed by atoms with Crippen LogP contribution in [0.2, 0.25) is 0 Å². The van der Waals surface area contributed by atoms with E-state index in [1.165, 1.54) is 6.42 Å². The number of hydrogen-bond acceptors (Lipinski definition) is 1. The summed E-state index contributed by atoms with van der Waals surface area (Å²) >= 11 is 0. The van der Waals surface area contributed by atoms with Crippen molar-refractivity contribution in [3.8, 4) is 0 Å². The summed E-state index contributed by atoms with van der Waals surface area (Å²) in [6.45, 7) is 11.6. The zero-order valence-corrected chi connectivity index (χ0v) is 7.90. The lowest BCUT2D eigenvalue weighted by molar-refractivity contribution is -0.0198. The first-order chi connectivity index (χ1) is 4.45. The average molecular weight is 144 g/mol. The predicted molar refractivity (Wildman–Crippen MR) is 45.2 cm³/mol. The van der Waals surface area contributed by atoms with E-state index in [0.29, 0.717) is 5.92 Å². The highest BCUT2D eigenvalue weighted by Gasteiger charge is 2.10. The molecule has 0 amide bonds. The monoisotopic (exact) mass is 144 g/mol. The Morgan fingerprint density at radius 1 is 1.30 bits per heavy atom. The van der Waals surface area contributed by atoms with Crippen LogP contribution < -0.4 is 0 Å². The fourth-order valence-electron chi connectivity index (χ4n) is 0.510. The van der Waals surface area contributed by atoms with Crippen LogP contribution in [0.1, 0.15) is 41.0 Å². The fraction of sp³-hybridized carbons (Fsp3) is 1.00. The first kappa shape index (κ1) is 9.96. The molecule has 0 aliphatic carbocycles. The number of hydrogen-bond donors (Lipinski definition) is 0. The van der Waals surface area contributed by atoms with Gasteiger partial charge in [0.05, 0.1) is 5.60 Å². The van der Waals surface area contributed by atoms with Gasteiger partial charge in [-0.2, -0.15) is 0 Å². The third kappa shape index (κ3) is 6.09. The molecule has 10 heavy (non-hydrogen) atoms. The Labute approximate surface area is 64.8 Å². The first-order valence-electron chi connectivity index (χ1n) is 4.09. The van der Waals surface area contributed by atoms with Gasteiger partial charge in [0, 0.05) is 6.61 Å². The highest BCUT2D eigenvalue weighted by molar-refractivity contribution is 4.59. The molecular weight excluding hydrogens is 124 g/mol. The lowest BCUT2D eigenvalue weighted by atomic mass is 10.1. The van der Waals surface area contributed by atoms with E-state index in [9.17, 15) is 0 Å². The van der Waals surface area contributed by atoms with Gasteiger partial charge < -0.3 is 4.74 Å². The third-order valence-electron chi connectivity index (χ3n) is 1.50. The van der Waals surface area contributed by atoms with Crippen LogP contribution in [0, 0.1) is 5.92 Å². The minimum Gasteiger partial charge on any atom is -0.376 e. The van der Waals surface area contributed by atoms with Gasteiger partial charge in [-0.15, -0.1) is 0 Å². The SMILES string of the molecule is CC[C@H](C)COC(C)(C)C. The fourth-order valence-corrected chi connectivity index (χ4v) is 0.510. The lowest BCUT2D eigenvalue weighted by Gasteiger charge is -2.21. The Morgan fingerprint density at radius 3 is 2.10 bits per heavy atom. The van der Waals surface area contributed by atoms with Gasteiger partial charge in [-0.25, -0.2) is 0 Å². The molecule has 1 heteroatoms. The van der Waals surface area contributed by atoms with Gasteiger partial charge in [0.25, 0.3) is 0 Å².